The van der Waals surface area contributed by atoms with Gasteiger partial charge in [0.1, 0.15) is 17.3 Å². The van der Waals surface area contributed by atoms with Crippen LogP contribution in [-0.2, 0) is 4.79 Å². The van der Waals surface area contributed by atoms with Gasteiger partial charge in [-0.3, -0.25) is 15.1 Å². The van der Waals surface area contributed by atoms with Gasteiger partial charge in [0.25, 0.3) is 5.91 Å². The third kappa shape index (κ3) is 3.88. The van der Waals surface area contributed by atoms with Gasteiger partial charge in [0.15, 0.2) is 16.4 Å². The number of anilines is 1. The number of methoxy groups -OCH3 is 2. The lowest BCUT2D eigenvalue weighted by molar-refractivity contribution is -0.154. The van der Waals surface area contributed by atoms with E-state index in [1.807, 2.05) is 0 Å². The van der Waals surface area contributed by atoms with Crippen LogP contribution >= 0.6 is 0 Å². The molecule has 1 aliphatic heterocycles. The van der Waals surface area contributed by atoms with Crippen LogP contribution in [0.4, 0.5) is 5.69 Å². The minimum atomic E-state index is -2.61. The third-order valence-electron chi connectivity index (χ3n) is 9.53. The zero-order chi connectivity index (χ0) is 32.7. The number of amides is 1. The summed E-state index contributed by atoms with van der Waals surface area (Å²) in [4.78, 5) is 16.0. The summed E-state index contributed by atoms with van der Waals surface area (Å²) in [5.41, 5.74) is -5.56. The normalized spacial score (nSPS) is 26.3. The van der Waals surface area contributed by atoms with E-state index in [1.54, 1.807) is 109 Å². The zero-order valence-corrected chi connectivity index (χ0v) is 25.1. The Morgan fingerprint density at radius 1 is 0.696 bits per heavy atom. The van der Waals surface area contributed by atoms with Crippen LogP contribution in [0, 0.1) is 50.2 Å². The van der Waals surface area contributed by atoms with Gasteiger partial charge in [-0.25, -0.2) is 0 Å². The molecule has 1 heterocycles. The Balaban J connectivity index is 1.79. The lowest BCUT2D eigenvalue weighted by Gasteiger charge is -2.57. The van der Waals surface area contributed by atoms with E-state index < -0.39 is 45.9 Å². The Bertz CT molecular complexity index is 1910. The lowest BCUT2D eigenvalue weighted by Crippen LogP contribution is -2.67. The van der Waals surface area contributed by atoms with Crippen LogP contribution in [0.15, 0.2) is 109 Å². The fraction of sp³-hybridized carbons (Fsp3) is 0.216. The van der Waals surface area contributed by atoms with E-state index in [9.17, 15) is 31.1 Å². The number of rotatable bonds is 6. The topological polar surface area (TPSA) is 154 Å². The summed E-state index contributed by atoms with van der Waals surface area (Å²) in [5.74, 6) is -4.31. The molecule has 46 heavy (non-hydrogen) atoms. The van der Waals surface area contributed by atoms with Crippen molar-refractivity contribution in [2.24, 2.45) is 10.8 Å². The van der Waals surface area contributed by atoms with E-state index in [1.165, 1.54) is 14.2 Å². The Hall–Kier alpha value is -5.95. The SMILES string of the molecule is COc1ccc([C@@H]2C(C#N)(C#N)[C@@H](c3ccc(OC)cc3)[C@H](c3ccccc3)[C@@]3(O)C(=O)N(c4ccccc4)C(=N)[C@@]23C#N)cc1. The maximum absolute atomic E-state index is 14.9. The molecule has 1 saturated heterocycles. The van der Waals surface area contributed by atoms with Gasteiger partial charge in [-0.05, 0) is 53.1 Å². The molecule has 4 aromatic rings. The predicted octanol–water partition coefficient (Wildman–Crippen LogP) is 5.67. The molecule has 0 aromatic heterocycles. The number of aliphatic hydroxyl groups is 1. The molecule has 2 aliphatic rings. The third-order valence-corrected chi connectivity index (χ3v) is 9.53. The summed E-state index contributed by atoms with van der Waals surface area (Å²) >= 11 is 0. The average molecular weight is 608 g/mol. The first-order chi connectivity index (χ1) is 22.3. The number of para-hydroxylation sites is 1. The van der Waals surface area contributed by atoms with Gasteiger partial charge in [0.2, 0.25) is 0 Å². The van der Waals surface area contributed by atoms with Crippen molar-refractivity contribution in [2.75, 3.05) is 19.1 Å². The Kier molecular flexibility index (Phi) is 7.33. The fourth-order valence-corrected chi connectivity index (χ4v) is 7.55. The van der Waals surface area contributed by atoms with Crippen molar-refractivity contribution >= 4 is 17.4 Å². The van der Waals surface area contributed by atoms with Gasteiger partial charge in [0.05, 0.1) is 38.1 Å². The summed E-state index contributed by atoms with van der Waals surface area (Å²) in [6, 6.07) is 37.0. The highest BCUT2D eigenvalue weighted by Crippen LogP contribution is 2.72. The van der Waals surface area contributed by atoms with Crippen LogP contribution in [-0.4, -0.2) is 36.7 Å². The average Bonchev–Trinajstić information content (AvgIpc) is 3.29. The predicted molar refractivity (Wildman–Crippen MR) is 169 cm³/mol. The maximum atomic E-state index is 14.9. The summed E-state index contributed by atoms with van der Waals surface area (Å²) in [6.07, 6.45) is 0. The van der Waals surface area contributed by atoms with Crippen molar-refractivity contribution in [1.82, 2.24) is 0 Å². The first kappa shape index (κ1) is 30.1. The van der Waals surface area contributed by atoms with Crippen molar-refractivity contribution in [2.45, 2.75) is 23.4 Å². The van der Waals surface area contributed by atoms with Gasteiger partial charge >= 0.3 is 0 Å². The molecule has 4 aromatic carbocycles. The highest BCUT2D eigenvalue weighted by molar-refractivity contribution is 6.29. The molecule has 2 N–H and O–H groups in total. The monoisotopic (exact) mass is 607 g/mol. The van der Waals surface area contributed by atoms with E-state index >= 15 is 0 Å². The second-order valence-electron chi connectivity index (χ2n) is 11.4. The van der Waals surface area contributed by atoms with E-state index in [0.29, 0.717) is 28.2 Å². The molecule has 0 unspecified atom stereocenters. The van der Waals surface area contributed by atoms with Crippen LogP contribution in [0.2, 0.25) is 0 Å². The highest BCUT2D eigenvalue weighted by atomic mass is 16.5. The zero-order valence-electron chi connectivity index (χ0n) is 25.1. The van der Waals surface area contributed by atoms with Crippen LogP contribution in [0.3, 0.4) is 0 Å². The van der Waals surface area contributed by atoms with Gasteiger partial charge in [-0.2, -0.15) is 15.8 Å². The van der Waals surface area contributed by atoms with Crippen LogP contribution < -0.4 is 14.4 Å². The molecule has 9 heteroatoms. The number of amidine groups is 1. The molecule has 6 rings (SSSR count). The van der Waals surface area contributed by atoms with E-state index in [2.05, 4.69) is 18.2 Å². The number of nitriles is 3. The first-order valence-corrected chi connectivity index (χ1v) is 14.6. The lowest BCUT2D eigenvalue weighted by atomic mass is 9.40. The summed E-state index contributed by atoms with van der Waals surface area (Å²) < 4.78 is 10.7. The quantitative estimate of drug-likeness (QED) is 0.286. The minimum Gasteiger partial charge on any atom is -0.497 e. The number of carbonyl (C=O) groups is 1. The molecule has 0 radical (unpaired) electrons. The largest absolute Gasteiger partial charge is 0.497 e. The van der Waals surface area contributed by atoms with Crippen molar-refractivity contribution in [3.63, 3.8) is 0 Å². The molecule has 2 fully saturated rings. The van der Waals surface area contributed by atoms with Crippen LogP contribution in [0.1, 0.15) is 34.4 Å². The van der Waals surface area contributed by atoms with E-state index in [0.717, 1.165) is 4.90 Å². The number of benzene rings is 4. The molecule has 0 spiro atoms. The maximum Gasteiger partial charge on any atom is 0.267 e. The smallest absolute Gasteiger partial charge is 0.267 e. The van der Waals surface area contributed by atoms with Crippen molar-refractivity contribution in [3.05, 3.63) is 126 Å². The van der Waals surface area contributed by atoms with Gasteiger partial charge in [-0.15, -0.1) is 0 Å². The van der Waals surface area contributed by atoms with E-state index in [-0.39, 0.29) is 5.69 Å². The number of fused-ring (bicyclic) bond motifs is 1. The Morgan fingerprint density at radius 2 is 1.17 bits per heavy atom. The van der Waals surface area contributed by atoms with Gasteiger partial charge in [0, 0.05) is 17.8 Å². The Labute approximate surface area is 266 Å². The number of hydrogen-bond acceptors (Lipinski definition) is 8. The van der Waals surface area contributed by atoms with Crippen molar-refractivity contribution in [1.29, 1.82) is 21.2 Å². The molecule has 1 amide bonds. The molecular weight excluding hydrogens is 578 g/mol. The van der Waals surface area contributed by atoms with Crippen LogP contribution in [0.25, 0.3) is 0 Å². The second kappa shape index (κ2) is 11.2. The number of ether oxygens (including phenoxy) is 2. The van der Waals surface area contributed by atoms with Gasteiger partial charge < -0.3 is 14.6 Å². The molecule has 0 bridgehead atoms. The summed E-state index contributed by atoms with van der Waals surface area (Å²) in [7, 11) is 3.01. The highest BCUT2D eigenvalue weighted by Gasteiger charge is 2.83. The fourth-order valence-electron chi connectivity index (χ4n) is 7.55. The second-order valence-corrected chi connectivity index (χ2v) is 11.4. The molecule has 1 aliphatic carbocycles. The summed E-state index contributed by atoms with van der Waals surface area (Å²) in [5, 5.41) is 56.7. The molecule has 9 nitrogen and oxygen atoms in total. The van der Waals surface area contributed by atoms with Crippen molar-refractivity contribution in [3.8, 4) is 29.7 Å². The number of nitrogens with one attached hydrogen (secondary N) is 1. The minimum absolute atomic E-state index is 0.274. The standard InChI is InChI=1S/C37H29N5O4/c1-45-28-17-13-25(14-18-28)30-31(24-9-5-3-6-10-24)37(44)34(43)42(27-11-7-4-8-12-27)33(41)36(37,23-40)32(35(30,21-38)22-39)26-15-19-29(46-2)20-16-26/h3-20,30-32,41,44H,1-2H3/t30-,31-,32+,36+,37+/m0/s1. The molecule has 226 valence electrons. The molecule has 1 saturated carbocycles. The van der Waals surface area contributed by atoms with Crippen LogP contribution in [0.5, 0.6) is 11.5 Å². The summed E-state index contributed by atoms with van der Waals surface area (Å²) in [6.45, 7) is 0. The first-order valence-electron chi connectivity index (χ1n) is 14.6. The number of hydrogen-bond donors (Lipinski definition) is 2. The Morgan fingerprint density at radius 3 is 1.65 bits per heavy atom. The molecule has 5 atom stereocenters. The number of nitrogens with zero attached hydrogens (tertiary/aromatic N) is 4. The molecular formula is C37H29N5O4. The number of carbonyl (C=O) groups excluding carboxylic acids is 1. The van der Waals surface area contributed by atoms with E-state index in [4.69, 9.17) is 9.47 Å². The van der Waals surface area contributed by atoms with Crippen molar-refractivity contribution < 1.29 is 19.4 Å². The van der Waals surface area contributed by atoms with Gasteiger partial charge in [-0.1, -0.05) is 72.8 Å².